The van der Waals surface area contributed by atoms with Crippen molar-refractivity contribution in [2.24, 2.45) is 0 Å². The Morgan fingerprint density at radius 3 is 1.93 bits per heavy atom. The Morgan fingerprint density at radius 1 is 0.821 bits per heavy atom. The van der Waals surface area contributed by atoms with E-state index in [2.05, 4.69) is 33.9 Å². The van der Waals surface area contributed by atoms with Crippen molar-refractivity contribution in [3.63, 3.8) is 0 Å². The monoisotopic (exact) mass is 406 g/mol. The maximum atomic E-state index is 6.36. The third kappa shape index (κ3) is 4.23. The van der Waals surface area contributed by atoms with E-state index in [4.69, 9.17) is 23.4 Å². The van der Waals surface area contributed by atoms with E-state index in [9.17, 15) is 0 Å². The highest BCUT2D eigenvalue weighted by Gasteiger charge is 2.37. The van der Waals surface area contributed by atoms with E-state index in [-0.39, 0.29) is 5.04 Å². The Kier molecular flexibility index (Phi) is 6.88. The smallest absolute Gasteiger partial charge is 0.191 e. The summed E-state index contributed by atoms with van der Waals surface area (Å²) < 4.78 is 28.9. The van der Waals surface area contributed by atoms with Crippen LogP contribution in [0, 0.1) is 0 Å². The third-order valence-electron chi connectivity index (χ3n) is 5.70. The SMILES string of the molecule is COc1ccc2c(OC)c(CCO[Si](C)(C)C(C)(C)C)cc(OC)c2c1OC. The lowest BCUT2D eigenvalue weighted by Gasteiger charge is -2.36. The molecule has 0 aliphatic heterocycles. The molecule has 0 saturated carbocycles. The Morgan fingerprint density at radius 2 is 1.43 bits per heavy atom. The fourth-order valence-corrected chi connectivity index (χ4v) is 4.10. The maximum Gasteiger partial charge on any atom is 0.191 e. The summed E-state index contributed by atoms with van der Waals surface area (Å²) in [6.45, 7) is 11.9. The zero-order valence-corrected chi connectivity index (χ0v) is 19.7. The van der Waals surface area contributed by atoms with Crippen molar-refractivity contribution in [3.05, 3.63) is 23.8 Å². The summed E-state index contributed by atoms with van der Waals surface area (Å²) in [5.41, 5.74) is 1.05. The number of benzene rings is 2. The van der Waals surface area contributed by atoms with Crippen LogP contribution in [0.2, 0.25) is 18.1 Å². The van der Waals surface area contributed by atoms with E-state index in [0.717, 1.165) is 34.3 Å². The van der Waals surface area contributed by atoms with Crippen molar-refractivity contribution in [1.29, 1.82) is 0 Å². The maximum absolute atomic E-state index is 6.36. The molecule has 0 fully saturated rings. The molecule has 2 aromatic rings. The molecular weight excluding hydrogens is 372 g/mol. The molecule has 0 saturated heterocycles. The first-order valence-electron chi connectivity index (χ1n) is 9.53. The van der Waals surface area contributed by atoms with E-state index in [1.165, 1.54) is 0 Å². The molecule has 6 heteroatoms. The molecule has 0 aliphatic rings. The van der Waals surface area contributed by atoms with Crippen molar-refractivity contribution >= 4 is 19.1 Å². The average molecular weight is 407 g/mol. The van der Waals surface area contributed by atoms with Crippen molar-refractivity contribution in [2.75, 3.05) is 35.0 Å². The van der Waals surface area contributed by atoms with Gasteiger partial charge in [0.15, 0.2) is 19.8 Å². The average Bonchev–Trinajstić information content (AvgIpc) is 2.64. The second kappa shape index (κ2) is 8.62. The predicted molar refractivity (Wildman–Crippen MR) is 117 cm³/mol. The van der Waals surface area contributed by atoms with Crippen LogP contribution in [0.4, 0.5) is 0 Å². The van der Waals surface area contributed by atoms with Crippen LogP contribution < -0.4 is 18.9 Å². The number of fused-ring (bicyclic) bond motifs is 1. The molecule has 28 heavy (non-hydrogen) atoms. The van der Waals surface area contributed by atoms with Gasteiger partial charge in [0.05, 0.1) is 33.8 Å². The molecule has 0 aliphatic carbocycles. The standard InChI is InChI=1S/C22H34O5Si/c1-22(2,3)28(8,9)27-13-12-15-14-18(24-5)19-16(20(15)25-6)10-11-17(23-4)21(19)26-7/h10-11,14H,12-13H2,1-9H3. The molecule has 0 bridgehead atoms. The molecule has 0 atom stereocenters. The summed E-state index contributed by atoms with van der Waals surface area (Å²) in [6, 6.07) is 5.88. The normalized spacial score (nSPS) is 12.2. The molecule has 0 spiro atoms. The molecule has 0 amide bonds. The van der Waals surface area contributed by atoms with Gasteiger partial charge in [-0.15, -0.1) is 0 Å². The Hall–Kier alpha value is -1.92. The minimum absolute atomic E-state index is 0.183. The first kappa shape index (κ1) is 22.4. The highest BCUT2D eigenvalue weighted by Crippen LogP contribution is 2.46. The lowest BCUT2D eigenvalue weighted by atomic mass is 10.0. The molecule has 0 radical (unpaired) electrons. The summed E-state index contributed by atoms with van der Waals surface area (Å²) >= 11 is 0. The molecule has 0 aromatic heterocycles. The molecule has 0 heterocycles. The molecule has 156 valence electrons. The van der Waals surface area contributed by atoms with E-state index in [0.29, 0.717) is 18.1 Å². The van der Waals surface area contributed by atoms with Crippen molar-refractivity contribution < 1.29 is 23.4 Å². The van der Waals surface area contributed by atoms with Gasteiger partial charge in [-0.05, 0) is 42.8 Å². The lowest BCUT2D eigenvalue weighted by molar-refractivity contribution is 0.289. The second-order valence-corrected chi connectivity index (χ2v) is 13.2. The fraction of sp³-hybridized carbons (Fsp3) is 0.545. The van der Waals surface area contributed by atoms with E-state index >= 15 is 0 Å². The molecular formula is C22H34O5Si. The molecule has 5 nitrogen and oxygen atoms in total. The van der Waals surface area contributed by atoms with Crippen LogP contribution in [0.1, 0.15) is 26.3 Å². The van der Waals surface area contributed by atoms with Crippen molar-refractivity contribution in [2.45, 2.75) is 45.3 Å². The van der Waals surface area contributed by atoms with Crippen LogP contribution in [0.3, 0.4) is 0 Å². The van der Waals surface area contributed by atoms with Gasteiger partial charge in [-0.25, -0.2) is 0 Å². The first-order chi connectivity index (χ1) is 13.1. The molecule has 2 aromatic carbocycles. The number of methoxy groups -OCH3 is 4. The van der Waals surface area contributed by atoms with Crippen LogP contribution in [-0.4, -0.2) is 43.4 Å². The summed E-state index contributed by atoms with van der Waals surface area (Å²) in [4.78, 5) is 0. The highest BCUT2D eigenvalue weighted by molar-refractivity contribution is 6.74. The van der Waals surface area contributed by atoms with Crippen LogP contribution in [-0.2, 0) is 10.8 Å². The third-order valence-corrected chi connectivity index (χ3v) is 10.2. The fourth-order valence-electron chi connectivity index (χ4n) is 3.05. The zero-order valence-electron chi connectivity index (χ0n) is 18.7. The molecule has 2 rings (SSSR count). The number of hydrogen-bond acceptors (Lipinski definition) is 5. The molecule has 0 unspecified atom stereocenters. The number of hydrogen-bond donors (Lipinski definition) is 0. The predicted octanol–water partition coefficient (Wildman–Crippen LogP) is 5.44. The van der Waals surface area contributed by atoms with E-state index in [1.54, 1.807) is 28.4 Å². The summed E-state index contributed by atoms with van der Waals surface area (Å²) in [6.07, 6.45) is 0.746. The van der Waals surface area contributed by atoms with Gasteiger partial charge in [0.2, 0.25) is 0 Å². The van der Waals surface area contributed by atoms with Crippen LogP contribution in [0.25, 0.3) is 10.8 Å². The number of rotatable bonds is 8. The minimum atomic E-state index is -1.80. The minimum Gasteiger partial charge on any atom is -0.496 e. The Balaban J connectivity index is 2.48. The first-order valence-corrected chi connectivity index (χ1v) is 12.4. The van der Waals surface area contributed by atoms with Crippen LogP contribution >= 0.6 is 0 Å². The van der Waals surface area contributed by atoms with Gasteiger partial charge >= 0.3 is 0 Å². The van der Waals surface area contributed by atoms with Crippen molar-refractivity contribution in [1.82, 2.24) is 0 Å². The van der Waals surface area contributed by atoms with Gasteiger partial charge < -0.3 is 23.4 Å². The van der Waals surface area contributed by atoms with Gasteiger partial charge in [-0.2, -0.15) is 0 Å². The van der Waals surface area contributed by atoms with Gasteiger partial charge in [0.1, 0.15) is 11.5 Å². The van der Waals surface area contributed by atoms with Crippen LogP contribution in [0.15, 0.2) is 18.2 Å². The van der Waals surface area contributed by atoms with Gasteiger partial charge in [0.25, 0.3) is 0 Å². The largest absolute Gasteiger partial charge is 0.496 e. The summed E-state index contributed by atoms with van der Waals surface area (Å²) in [5.74, 6) is 2.84. The summed E-state index contributed by atoms with van der Waals surface area (Å²) in [7, 11) is 4.81. The van der Waals surface area contributed by atoms with Crippen molar-refractivity contribution in [3.8, 4) is 23.0 Å². The molecule has 0 N–H and O–H groups in total. The Bertz CT molecular complexity index is 824. The highest BCUT2D eigenvalue weighted by atomic mass is 28.4. The number of ether oxygens (including phenoxy) is 4. The second-order valence-electron chi connectivity index (χ2n) is 8.35. The van der Waals surface area contributed by atoms with Gasteiger partial charge in [-0.3, -0.25) is 0 Å². The lowest BCUT2D eigenvalue weighted by Crippen LogP contribution is -2.41. The van der Waals surface area contributed by atoms with E-state index < -0.39 is 8.32 Å². The van der Waals surface area contributed by atoms with Crippen LogP contribution in [0.5, 0.6) is 23.0 Å². The Labute approximate surface area is 170 Å². The van der Waals surface area contributed by atoms with Gasteiger partial charge in [-0.1, -0.05) is 20.8 Å². The van der Waals surface area contributed by atoms with Gasteiger partial charge in [0, 0.05) is 17.6 Å². The van der Waals surface area contributed by atoms with E-state index in [1.807, 2.05) is 18.2 Å². The zero-order chi connectivity index (χ0) is 21.1. The quantitative estimate of drug-likeness (QED) is 0.546. The topological polar surface area (TPSA) is 46.2 Å². The summed E-state index contributed by atoms with van der Waals surface area (Å²) in [5, 5.41) is 1.96.